The van der Waals surface area contributed by atoms with E-state index in [4.69, 9.17) is 9.15 Å². The average Bonchev–Trinajstić information content (AvgIpc) is 2.59. The predicted molar refractivity (Wildman–Crippen MR) is 51.3 cm³/mol. The van der Waals surface area contributed by atoms with E-state index in [1.807, 2.05) is 24.3 Å². The summed E-state index contributed by atoms with van der Waals surface area (Å²) in [4.78, 5) is 10.9. The summed E-state index contributed by atoms with van der Waals surface area (Å²) < 4.78 is 10.1. The highest BCUT2D eigenvalue weighted by Gasteiger charge is 2.07. The third-order valence-electron chi connectivity index (χ3n) is 1.80. The molecule has 2 rings (SSSR count). The number of rotatable bonds is 1. The highest BCUT2D eigenvalue weighted by Crippen LogP contribution is 2.24. The lowest BCUT2D eigenvalue weighted by Gasteiger charge is -1.96. The fourth-order valence-corrected chi connectivity index (χ4v) is 1.15. The van der Waals surface area contributed by atoms with Crippen molar-refractivity contribution in [2.24, 2.45) is 0 Å². The highest BCUT2D eigenvalue weighted by atomic mass is 16.6. The van der Waals surface area contributed by atoms with Crippen LogP contribution in [0.1, 0.15) is 0 Å². The second-order valence-corrected chi connectivity index (χ2v) is 2.74. The molecule has 2 aromatic rings. The zero-order chi connectivity index (χ0) is 9.97. The van der Waals surface area contributed by atoms with Crippen LogP contribution in [0.4, 0.5) is 4.79 Å². The maximum Gasteiger partial charge on any atom is 0.414 e. The fourth-order valence-electron chi connectivity index (χ4n) is 1.15. The van der Waals surface area contributed by atoms with Crippen molar-refractivity contribution in [2.45, 2.75) is 0 Å². The second-order valence-electron chi connectivity index (χ2n) is 2.74. The molecule has 0 saturated carbocycles. The average molecular weight is 191 g/mol. The van der Waals surface area contributed by atoms with Crippen molar-refractivity contribution in [1.82, 2.24) is 5.32 Å². The maximum atomic E-state index is 10.9. The Morgan fingerprint density at radius 3 is 2.93 bits per heavy atom. The molecule has 1 aromatic heterocycles. The molecule has 1 amide bonds. The highest BCUT2D eigenvalue weighted by molar-refractivity contribution is 5.79. The van der Waals surface area contributed by atoms with Crippen LogP contribution in [0.5, 0.6) is 5.95 Å². The summed E-state index contributed by atoms with van der Waals surface area (Å²) in [6.07, 6.45) is -0.538. The van der Waals surface area contributed by atoms with Crippen molar-refractivity contribution in [1.29, 1.82) is 0 Å². The number of nitrogens with one attached hydrogen (secondary N) is 1. The first kappa shape index (κ1) is 8.62. The van der Waals surface area contributed by atoms with Gasteiger partial charge in [0.05, 0.1) is 0 Å². The van der Waals surface area contributed by atoms with E-state index >= 15 is 0 Å². The van der Waals surface area contributed by atoms with Gasteiger partial charge in [0, 0.05) is 18.5 Å². The van der Waals surface area contributed by atoms with Crippen LogP contribution in [0, 0.1) is 0 Å². The van der Waals surface area contributed by atoms with Gasteiger partial charge in [0.15, 0.2) is 0 Å². The lowest BCUT2D eigenvalue weighted by Crippen LogP contribution is -2.21. The summed E-state index contributed by atoms with van der Waals surface area (Å²) in [5.41, 5.74) is 0.700. The van der Waals surface area contributed by atoms with E-state index in [1.54, 1.807) is 6.07 Å². The number of benzene rings is 1. The summed E-state index contributed by atoms with van der Waals surface area (Å²) in [6.45, 7) is 0. The van der Waals surface area contributed by atoms with Gasteiger partial charge in [0.2, 0.25) is 0 Å². The Morgan fingerprint density at radius 2 is 2.21 bits per heavy atom. The van der Waals surface area contributed by atoms with Crippen LogP contribution in [0.2, 0.25) is 0 Å². The Kier molecular flexibility index (Phi) is 2.10. The van der Waals surface area contributed by atoms with E-state index in [9.17, 15) is 4.79 Å². The van der Waals surface area contributed by atoms with Gasteiger partial charge in [-0.1, -0.05) is 18.2 Å². The SMILES string of the molecule is CNC(=O)Oc1cc2ccccc2o1. The summed E-state index contributed by atoms with van der Waals surface area (Å²) in [5, 5.41) is 3.25. The molecule has 0 spiro atoms. The summed E-state index contributed by atoms with van der Waals surface area (Å²) in [5.74, 6) is 0.200. The van der Waals surface area contributed by atoms with Crippen molar-refractivity contribution in [3.8, 4) is 5.95 Å². The molecule has 0 aliphatic heterocycles. The summed E-state index contributed by atoms with van der Waals surface area (Å²) in [6, 6.07) is 9.11. The molecule has 1 heterocycles. The van der Waals surface area contributed by atoms with Crippen LogP contribution in [0.15, 0.2) is 34.7 Å². The van der Waals surface area contributed by atoms with Gasteiger partial charge in [0.25, 0.3) is 5.95 Å². The predicted octanol–water partition coefficient (Wildman–Crippen LogP) is 2.15. The fraction of sp³-hybridized carbons (Fsp3) is 0.100. The zero-order valence-corrected chi connectivity index (χ0v) is 7.61. The molecule has 1 N–H and O–H groups in total. The number of fused-ring (bicyclic) bond motifs is 1. The number of amides is 1. The van der Waals surface area contributed by atoms with Crippen molar-refractivity contribution in [3.63, 3.8) is 0 Å². The van der Waals surface area contributed by atoms with Crippen LogP contribution >= 0.6 is 0 Å². The van der Waals surface area contributed by atoms with Crippen LogP contribution in [-0.2, 0) is 0 Å². The number of para-hydroxylation sites is 1. The first-order valence-electron chi connectivity index (χ1n) is 4.18. The van der Waals surface area contributed by atoms with Gasteiger partial charge < -0.3 is 14.5 Å². The summed E-state index contributed by atoms with van der Waals surface area (Å²) >= 11 is 0. The zero-order valence-electron chi connectivity index (χ0n) is 7.61. The lowest BCUT2D eigenvalue weighted by molar-refractivity contribution is 0.191. The van der Waals surface area contributed by atoms with Gasteiger partial charge in [-0.15, -0.1) is 0 Å². The van der Waals surface area contributed by atoms with Crippen LogP contribution in [0.3, 0.4) is 0 Å². The minimum Gasteiger partial charge on any atom is -0.425 e. The molecule has 4 heteroatoms. The van der Waals surface area contributed by atoms with E-state index in [0.717, 1.165) is 5.39 Å². The molecule has 0 fully saturated rings. The van der Waals surface area contributed by atoms with E-state index in [0.29, 0.717) is 5.58 Å². The van der Waals surface area contributed by atoms with Gasteiger partial charge >= 0.3 is 6.09 Å². The Hall–Kier alpha value is -1.97. The number of furan rings is 1. The molecule has 1 aromatic carbocycles. The molecule has 4 nitrogen and oxygen atoms in total. The Bertz CT molecular complexity index is 428. The smallest absolute Gasteiger partial charge is 0.414 e. The molecule has 14 heavy (non-hydrogen) atoms. The largest absolute Gasteiger partial charge is 0.425 e. The standard InChI is InChI=1S/C10H9NO3/c1-11-10(12)14-9-6-7-4-2-3-5-8(7)13-9/h2-6H,1H3,(H,11,12). The molecule has 0 aliphatic carbocycles. The van der Waals surface area contributed by atoms with Crippen molar-refractivity contribution in [3.05, 3.63) is 30.3 Å². The third kappa shape index (κ3) is 1.54. The van der Waals surface area contributed by atoms with Gasteiger partial charge in [-0.25, -0.2) is 4.79 Å². The molecular weight excluding hydrogens is 182 g/mol. The Balaban J connectivity index is 2.31. The number of carbonyl (C=O) groups is 1. The number of hydrogen-bond donors (Lipinski definition) is 1. The lowest BCUT2D eigenvalue weighted by atomic mass is 10.3. The monoisotopic (exact) mass is 191 g/mol. The first-order chi connectivity index (χ1) is 6.79. The minimum atomic E-state index is -0.538. The van der Waals surface area contributed by atoms with Crippen molar-refractivity contribution >= 4 is 17.1 Å². The molecular formula is C10H9NO3. The quantitative estimate of drug-likeness (QED) is 0.751. The van der Waals surface area contributed by atoms with Crippen molar-refractivity contribution in [2.75, 3.05) is 7.05 Å². The Labute approximate surface area is 80.5 Å². The van der Waals surface area contributed by atoms with E-state index < -0.39 is 6.09 Å². The van der Waals surface area contributed by atoms with Gasteiger partial charge in [-0.3, -0.25) is 0 Å². The summed E-state index contributed by atoms with van der Waals surface area (Å²) in [7, 11) is 1.49. The van der Waals surface area contributed by atoms with Crippen LogP contribution in [0.25, 0.3) is 11.0 Å². The van der Waals surface area contributed by atoms with E-state index in [1.165, 1.54) is 7.05 Å². The van der Waals surface area contributed by atoms with Gasteiger partial charge in [-0.05, 0) is 6.07 Å². The number of ether oxygens (including phenoxy) is 1. The van der Waals surface area contributed by atoms with E-state index in [2.05, 4.69) is 5.32 Å². The Morgan fingerprint density at radius 1 is 1.43 bits per heavy atom. The molecule has 0 atom stereocenters. The minimum absolute atomic E-state index is 0.200. The second kappa shape index (κ2) is 3.41. The van der Waals surface area contributed by atoms with Gasteiger partial charge in [0.1, 0.15) is 5.58 Å². The number of carbonyl (C=O) groups excluding carboxylic acids is 1. The first-order valence-corrected chi connectivity index (χ1v) is 4.18. The molecule has 0 bridgehead atoms. The topological polar surface area (TPSA) is 51.5 Å². The van der Waals surface area contributed by atoms with Crippen molar-refractivity contribution < 1.29 is 13.9 Å². The van der Waals surface area contributed by atoms with E-state index in [-0.39, 0.29) is 5.95 Å². The number of hydrogen-bond acceptors (Lipinski definition) is 3. The molecule has 0 saturated heterocycles. The molecule has 0 aliphatic rings. The van der Waals surface area contributed by atoms with Crippen LogP contribution < -0.4 is 10.1 Å². The van der Waals surface area contributed by atoms with Gasteiger partial charge in [-0.2, -0.15) is 0 Å². The normalized spacial score (nSPS) is 10.1. The maximum absolute atomic E-state index is 10.9. The third-order valence-corrected chi connectivity index (χ3v) is 1.80. The molecule has 0 unspecified atom stereocenters. The molecule has 72 valence electrons. The molecule has 0 radical (unpaired) electrons. The van der Waals surface area contributed by atoms with Crippen LogP contribution in [-0.4, -0.2) is 13.1 Å².